The fourth-order valence-electron chi connectivity index (χ4n) is 3.55. The third-order valence-corrected chi connectivity index (χ3v) is 5.40. The maximum Gasteiger partial charge on any atom is 0.398 e. The number of rotatable bonds is 10. The first kappa shape index (κ1) is 25.6. The van der Waals surface area contributed by atoms with E-state index in [1.165, 1.54) is 17.7 Å². The topological polar surface area (TPSA) is 9.23 Å². The van der Waals surface area contributed by atoms with Crippen LogP contribution in [0.1, 0.15) is 42.0 Å². The molecule has 0 aliphatic heterocycles. The number of benzene rings is 3. The highest BCUT2D eigenvalue weighted by atomic mass is 19.3. The fraction of sp³-hybridized carbons (Fsp3) is 0.308. The van der Waals surface area contributed by atoms with Crippen LogP contribution in [0.2, 0.25) is 0 Å². The van der Waals surface area contributed by atoms with E-state index in [-0.39, 0.29) is 29.7 Å². The largest absolute Gasteiger partial charge is 0.432 e. The van der Waals surface area contributed by atoms with Crippen molar-refractivity contribution in [3.05, 3.63) is 99.9 Å². The predicted octanol–water partition coefficient (Wildman–Crippen LogP) is 7.72. The average Bonchev–Trinajstić information content (AvgIpc) is 2.78. The molecule has 0 spiro atoms. The fourth-order valence-corrected chi connectivity index (χ4v) is 3.55. The monoisotopic (exact) mass is 484 g/mol. The number of ether oxygens (including phenoxy) is 1. The van der Waals surface area contributed by atoms with Gasteiger partial charge >= 0.3 is 6.11 Å². The predicted molar refractivity (Wildman–Crippen MR) is 114 cm³/mol. The third kappa shape index (κ3) is 6.52. The van der Waals surface area contributed by atoms with Crippen molar-refractivity contribution in [3.8, 4) is 5.75 Å². The molecule has 0 unspecified atom stereocenters. The maximum atomic E-state index is 14.5. The Morgan fingerprint density at radius 2 is 1.15 bits per heavy atom. The second kappa shape index (κ2) is 10.9. The molecular formula is C26H23F7O. The first-order valence-corrected chi connectivity index (χ1v) is 10.8. The van der Waals surface area contributed by atoms with Crippen molar-refractivity contribution in [1.29, 1.82) is 0 Å². The first-order chi connectivity index (χ1) is 16.1. The summed E-state index contributed by atoms with van der Waals surface area (Å²) in [5.41, 5.74) is 2.00. The van der Waals surface area contributed by atoms with E-state index in [9.17, 15) is 30.7 Å². The molecule has 0 heterocycles. The van der Waals surface area contributed by atoms with Gasteiger partial charge < -0.3 is 4.74 Å². The molecule has 182 valence electrons. The Morgan fingerprint density at radius 1 is 0.647 bits per heavy atom. The summed E-state index contributed by atoms with van der Waals surface area (Å²) in [6, 6.07) is 11.0. The Hall–Kier alpha value is -3.03. The van der Waals surface area contributed by atoms with Gasteiger partial charge in [0.25, 0.3) is 0 Å². The molecule has 0 saturated heterocycles. The zero-order chi connectivity index (χ0) is 24.9. The molecule has 3 aromatic carbocycles. The Kier molecular flexibility index (Phi) is 8.23. The molecule has 0 N–H and O–H groups in total. The van der Waals surface area contributed by atoms with Gasteiger partial charge in [-0.05, 0) is 47.9 Å². The Bertz CT molecular complexity index is 1100. The lowest BCUT2D eigenvalue weighted by Crippen LogP contribution is -2.26. The van der Waals surface area contributed by atoms with Crippen LogP contribution in [-0.4, -0.2) is 6.11 Å². The van der Waals surface area contributed by atoms with E-state index >= 15 is 0 Å². The zero-order valence-corrected chi connectivity index (χ0v) is 18.4. The van der Waals surface area contributed by atoms with E-state index in [0.29, 0.717) is 6.42 Å². The molecule has 0 bridgehead atoms. The summed E-state index contributed by atoms with van der Waals surface area (Å²) < 4.78 is 101. The van der Waals surface area contributed by atoms with E-state index in [1.54, 1.807) is 0 Å². The third-order valence-electron chi connectivity index (χ3n) is 5.40. The van der Waals surface area contributed by atoms with Gasteiger partial charge in [-0.1, -0.05) is 49.7 Å². The van der Waals surface area contributed by atoms with Gasteiger partial charge in [0.1, 0.15) is 5.75 Å². The van der Waals surface area contributed by atoms with Gasteiger partial charge in [0, 0.05) is 12.1 Å². The molecule has 1 nitrogen and oxygen atoms in total. The summed E-state index contributed by atoms with van der Waals surface area (Å²) in [5, 5.41) is 0. The Morgan fingerprint density at radius 3 is 1.68 bits per heavy atom. The summed E-state index contributed by atoms with van der Waals surface area (Å²) in [4.78, 5) is 0. The van der Waals surface area contributed by atoms with E-state index in [4.69, 9.17) is 0 Å². The highest BCUT2D eigenvalue weighted by molar-refractivity contribution is 5.29. The molecule has 0 aromatic heterocycles. The van der Waals surface area contributed by atoms with Crippen molar-refractivity contribution >= 4 is 0 Å². The van der Waals surface area contributed by atoms with Crippen LogP contribution in [0.5, 0.6) is 5.75 Å². The Balaban J connectivity index is 1.61. The minimum Gasteiger partial charge on any atom is -0.432 e. The van der Waals surface area contributed by atoms with Crippen molar-refractivity contribution in [2.24, 2.45) is 0 Å². The van der Waals surface area contributed by atoms with Crippen LogP contribution in [0, 0.1) is 29.1 Å². The highest BCUT2D eigenvalue weighted by Crippen LogP contribution is 2.29. The van der Waals surface area contributed by atoms with E-state index in [1.807, 2.05) is 24.3 Å². The average molecular weight is 484 g/mol. The van der Waals surface area contributed by atoms with Crippen LogP contribution in [0.25, 0.3) is 0 Å². The molecule has 0 saturated carbocycles. The molecule has 8 heteroatoms. The van der Waals surface area contributed by atoms with E-state index in [0.717, 1.165) is 18.4 Å². The molecule has 3 aromatic rings. The summed E-state index contributed by atoms with van der Waals surface area (Å²) in [6.07, 6.45) is -2.94. The molecule has 0 radical (unpaired) electrons. The SMILES string of the molecule is CCCc1ccc(CCc2ccc(CCC(F)(F)Oc3cc(F)c(F)c(F)c3)c(F)c2F)cc1. The molecule has 0 atom stereocenters. The number of hydrogen-bond donors (Lipinski definition) is 0. The normalized spacial score (nSPS) is 11.6. The minimum atomic E-state index is -3.96. The highest BCUT2D eigenvalue weighted by Gasteiger charge is 2.32. The standard InChI is InChI=1S/C26H23F7O/c1-2-3-16-4-6-17(7-5-16)8-9-18-10-11-19(24(30)23(18)29)12-13-26(32,33)34-20-14-21(27)25(31)22(28)15-20/h4-7,10-11,14-15H,2-3,8-9,12-13H2,1H3. The van der Waals surface area contributed by atoms with Crippen LogP contribution in [-0.2, 0) is 25.7 Å². The van der Waals surface area contributed by atoms with Crippen molar-refractivity contribution in [1.82, 2.24) is 0 Å². The first-order valence-electron chi connectivity index (χ1n) is 10.8. The van der Waals surface area contributed by atoms with Gasteiger partial charge in [-0.2, -0.15) is 8.78 Å². The van der Waals surface area contributed by atoms with Crippen LogP contribution in [0.15, 0.2) is 48.5 Å². The summed E-state index contributed by atoms with van der Waals surface area (Å²) >= 11 is 0. The molecular weight excluding hydrogens is 461 g/mol. The van der Waals surface area contributed by atoms with Gasteiger partial charge in [0.2, 0.25) is 0 Å². The second-order valence-electron chi connectivity index (χ2n) is 8.02. The second-order valence-corrected chi connectivity index (χ2v) is 8.02. The van der Waals surface area contributed by atoms with E-state index < -0.39 is 53.8 Å². The summed E-state index contributed by atoms with van der Waals surface area (Å²) in [7, 11) is 0. The van der Waals surface area contributed by atoms with E-state index in [2.05, 4.69) is 11.7 Å². The molecule has 0 aliphatic rings. The van der Waals surface area contributed by atoms with Crippen molar-refractivity contribution in [2.45, 2.75) is 51.6 Å². The van der Waals surface area contributed by atoms with Gasteiger partial charge in [-0.15, -0.1) is 0 Å². The summed E-state index contributed by atoms with van der Waals surface area (Å²) in [5.74, 6) is -8.46. The number of halogens is 7. The summed E-state index contributed by atoms with van der Waals surface area (Å²) in [6.45, 7) is 2.08. The van der Waals surface area contributed by atoms with Crippen molar-refractivity contribution in [2.75, 3.05) is 0 Å². The zero-order valence-electron chi connectivity index (χ0n) is 18.4. The van der Waals surface area contributed by atoms with Crippen LogP contribution < -0.4 is 4.74 Å². The quantitative estimate of drug-likeness (QED) is 0.211. The molecule has 34 heavy (non-hydrogen) atoms. The molecule has 3 rings (SSSR count). The van der Waals surface area contributed by atoms with Crippen LogP contribution >= 0.6 is 0 Å². The maximum absolute atomic E-state index is 14.5. The van der Waals surface area contributed by atoms with Gasteiger partial charge in [-0.25, -0.2) is 22.0 Å². The van der Waals surface area contributed by atoms with Crippen LogP contribution in [0.4, 0.5) is 30.7 Å². The van der Waals surface area contributed by atoms with Crippen molar-refractivity contribution in [3.63, 3.8) is 0 Å². The number of hydrogen-bond acceptors (Lipinski definition) is 1. The molecule has 0 amide bonds. The smallest absolute Gasteiger partial charge is 0.398 e. The molecule has 0 aliphatic carbocycles. The van der Waals surface area contributed by atoms with Gasteiger partial charge in [0.15, 0.2) is 29.1 Å². The lowest BCUT2D eigenvalue weighted by molar-refractivity contribution is -0.180. The van der Waals surface area contributed by atoms with Gasteiger partial charge in [0.05, 0.1) is 6.42 Å². The molecule has 0 fully saturated rings. The lowest BCUT2D eigenvalue weighted by atomic mass is 9.99. The number of aryl methyl sites for hydroxylation is 4. The lowest BCUT2D eigenvalue weighted by Gasteiger charge is -2.18. The minimum absolute atomic E-state index is 0.124. The number of alkyl halides is 2. The van der Waals surface area contributed by atoms with Gasteiger partial charge in [-0.3, -0.25) is 0 Å². The Labute approximate surface area is 193 Å². The van der Waals surface area contributed by atoms with Crippen LogP contribution in [0.3, 0.4) is 0 Å². The van der Waals surface area contributed by atoms with Crippen molar-refractivity contribution < 1.29 is 35.5 Å².